The average molecular weight is 511 g/mol. The zero-order valence-electron chi connectivity index (χ0n) is 21.1. The molecule has 0 amide bonds. The van der Waals surface area contributed by atoms with E-state index in [-0.39, 0.29) is 24.8 Å². The van der Waals surface area contributed by atoms with Crippen molar-refractivity contribution in [1.82, 2.24) is 19.3 Å². The van der Waals surface area contributed by atoms with Crippen LogP contribution in [0.3, 0.4) is 0 Å². The Morgan fingerprint density at radius 3 is 2.72 bits per heavy atom. The van der Waals surface area contributed by atoms with E-state index in [1.165, 1.54) is 0 Å². The summed E-state index contributed by atoms with van der Waals surface area (Å²) < 4.78 is 30.5. The molecule has 0 bridgehead atoms. The number of nitrogens with zero attached hydrogens (tertiary/aromatic N) is 4. The third-order valence-electron chi connectivity index (χ3n) is 6.95. The van der Waals surface area contributed by atoms with Crippen molar-refractivity contribution in [2.45, 2.75) is 70.4 Å². The number of carboxylic acid groups (broad SMARTS) is 1. The van der Waals surface area contributed by atoms with Crippen LogP contribution in [-0.4, -0.2) is 45.3 Å². The van der Waals surface area contributed by atoms with Crippen LogP contribution in [0, 0.1) is 12.8 Å². The Balaban J connectivity index is 1.60. The standard InChI is InChI=1S/C27H34N4O4S/c1-4-30-18-25(28-29-30)12-11-22(15-27(32)33)21-10-9-20(3)24(14-21)17-31-16-19(2)13-23-7-5-6-8-26(23)36(31,34)35/h5-10,14,18-19,22H,4,11-13,15-17H2,1-3H3,(H,32,33). The lowest BCUT2D eigenvalue weighted by Gasteiger charge is -2.24. The number of rotatable bonds is 9. The fraction of sp³-hybridized carbons (Fsp3) is 0.444. The summed E-state index contributed by atoms with van der Waals surface area (Å²) in [5.74, 6) is -0.892. The van der Waals surface area contributed by atoms with E-state index < -0.39 is 16.0 Å². The first-order valence-corrected chi connectivity index (χ1v) is 13.9. The largest absolute Gasteiger partial charge is 0.481 e. The molecule has 36 heavy (non-hydrogen) atoms. The third kappa shape index (κ3) is 5.84. The quantitative estimate of drug-likeness (QED) is 0.463. The number of carboxylic acids is 1. The van der Waals surface area contributed by atoms with Gasteiger partial charge in [0.05, 0.1) is 17.0 Å². The van der Waals surface area contributed by atoms with Gasteiger partial charge < -0.3 is 5.11 Å². The van der Waals surface area contributed by atoms with Crippen molar-refractivity contribution in [1.29, 1.82) is 0 Å². The molecule has 0 saturated heterocycles. The molecule has 0 spiro atoms. The zero-order chi connectivity index (χ0) is 25.9. The summed E-state index contributed by atoms with van der Waals surface area (Å²) in [4.78, 5) is 12.1. The van der Waals surface area contributed by atoms with Crippen LogP contribution >= 0.6 is 0 Å². The lowest BCUT2D eigenvalue weighted by molar-refractivity contribution is -0.137. The lowest BCUT2D eigenvalue weighted by Crippen LogP contribution is -2.33. The Labute approximate surface area is 213 Å². The number of hydrogen-bond acceptors (Lipinski definition) is 5. The first kappa shape index (κ1) is 26.0. The minimum atomic E-state index is -3.64. The van der Waals surface area contributed by atoms with Crippen molar-refractivity contribution >= 4 is 16.0 Å². The number of aromatic nitrogens is 3. The molecule has 8 nitrogen and oxygen atoms in total. The summed E-state index contributed by atoms with van der Waals surface area (Å²) >= 11 is 0. The van der Waals surface area contributed by atoms with Crippen molar-refractivity contribution < 1.29 is 18.3 Å². The molecule has 2 heterocycles. The van der Waals surface area contributed by atoms with Gasteiger partial charge in [-0.15, -0.1) is 5.10 Å². The summed E-state index contributed by atoms with van der Waals surface area (Å²) in [5, 5.41) is 17.8. The summed E-state index contributed by atoms with van der Waals surface area (Å²) in [6.45, 7) is 7.46. The molecule has 2 unspecified atom stereocenters. The molecule has 0 aliphatic carbocycles. The summed E-state index contributed by atoms with van der Waals surface area (Å²) in [6, 6.07) is 13.2. The van der Waals surface area contributed by atoms with Gasteiger partial charge in [0.15, 0.2) is 0 Å². The Morgan fingerprint density at radius 2 is 2.00 bits per heavy atom. The normalized spacial score (nSPS) is 18.4. The number of carbonyl (C=O) groups is 1. The monoisotopic (exact) mass is 510 g/mol. The maximum absolute atomic E-state index is 13.6. The van der Waals surface area contributed by atoms with Crippen LogP contribution < -0.4 is 0 Å². The fourth-order valence-corrected chi connectivity index (χ4v) is 6.70. The van der Waals surface area contributed by atoms with Gasteiger partial charge in [-0.25, -0.2) is 8.42 Å². The van der Waals surface area contributed by atoms with E-state index >= 15 is 0 Å². The number of aryl methyl sites for hydroxylation is 3. The van der Waals surface area contributed by atoms with Gasteiger partial charge in [-0.1, -0.05) is 48.5 Å². The Morgan fingerprint density at radius 1 is 1.22 bits per heavy atom. The smallest absolute Gasteiger partial charge is 0.303 e. The molecule has 3 aromatic rings. The molecule has 9 heteroatoms. The van der Waals surface area contributed by atoms with Gasteiger partial charge in [-0.3, -0.25) is 9.48 Å². The minimum Gasteiger partial charge on any atom is -0.481 e. The number of benzene rings is 2. The van der Waals surface area contributed by atoms with Crippen molar-refractivity contribution in [3.8, 4) is 0 Å². The number of sulfonamides is 1. The predicted octanol–water partition coefficient (Wildman–Crippen LogP) is 4.18. The SMILES string of the molecule is CCn1cc(CCC(CC(=O)O)c2ccc(C)c(CN3CC(C)Cc4ccccc4S3(=O)=O)c2)nn1. The van der Waals surface area contributed by atoms with E-state index in [4.69, 9.17) is 0 Å². The van der Waals surface area contributed by atoms with Crippen molar-refractivity contribution in [3.63, 3.8) is 0 Å². The van der Waals surface area contributed by atoms with Gasteiger partial charge in [-0.05, 0) is 73.3 Å². The van der Waals surface area contributed by atoms with Crippen LogP contribution in [-0.2, 0) is 40.7 Å². The lowest BCUT2D eigenvalue weighted by atomic mass is 9.88. The van der Waals surface area contributed by atoms with Crippen molar-refractivity contribution in [3.05, 3.63) is 76.6 Å². The van der Waals surface area contributed by atoms with Crippen LogP contribution in [0.1, 0.15) is 60.6 Å². The molecule has 2 aromatic carbocycles. The van der Waals surface area contributed by atoms with Crippen LogP contribution in [0.5, 0.6) is 0 Å². The van der Waals surface area contributed by atoms with E-state index in [1.54, 1.807) is 21.1 Å². The molecular formula is C27H34N4O4S. The number of hydrogen-bond donors (Lipinski definition) is 1. The predicted molar refractivity (Wildman–Crippen MR) is 137 cm³/mol. The fourth-order valence-electron chi connectivity index (χ4n) is 4.93. The van der Waals surface area contributed by atoms with E-state index in [0.717, 1.165) is 34.5 Å². The van der Waals surface area contributed by atoms with Gasteiger partial charge >= 0.3 is 5.97 Å². The first-order chi connectivity index (χ1) is 17.2. The van der Waals surface area contributed by atoms with Crippen LogP contribution in [0.15, 0.2) is 53.6 Å². The van der Waals surface area contributed by atoms with E-state index in [9.17, 15) is 18.3 Å². The minimum absolute atomic E-state index is 0.00314. The topological polar surface area (TPSA) is 105 Å². The Bertz CT molecular complexity index is 1340. The molecule has 1 aromatic heterocycles. The highest BCUT2D eigenvalue weighted by atomic mass is 32.2. The average Bonchev–Trinajstić information content (AvgIpc) is 3.27. The second-order valence-electron chi connectivity index (χ2n) is 9.80. The first-order valence-electron chi connectivity index (χ1n) is 12.5. The van der Waals surface area contributed by atoms with Crippen molar-refractivity contribution in [2.75, 3.05) is 6.54 Å². The summed E-state index contributed by atoms with van der Waals surface area (Å²) in [6.07, 6.45) is 3.84. The van der Waals surface area contributed by atoms with Crippen molar-refractivity contribution in [2.24, 2.45) is 5.92 Å². The van der Waals surface area contributed by atoms with E-state index in [2.05, 4.69) is 17.2 Å². The second-order valence-corrected chi connectivity index (χ2v) is 11.7. The molecule has 0 saturated carbocycles. The molecule has 0 radical (unpaired) electrons. The van der Waals surface area contributed by atoms with Gasteiger partial charge in [0, 0.05) is 25.8 Å². The number of fused-ring (bicyclic) bond motifs is 1. The second kappa shape index (κ2) is 10.9. The molecular weight excluding hydrogens is 476 g/mol. The molecule has 1 aliphatic heterocycles. The summed E-state index contributed by atoms with van der Waals surface area (Å²) in [5.41, 5.74) is 4.48. The highest BCUT2D eigenvalue weighted by Crippen LogP contribution is 2.31. The zero-order valence-corrected chi connectivity index (χ0v) is 21.9. The molecule has 192 valence electrons. The van der Waals surface area contributed by atoms with Crippen LogP contribution in [0.2, 0.25) is 0 Å². The maximum atomic E-state index is 13.6. The van der Waals surface area contributed by atoms with Gasteiger partial charge in [-0.2, -0.15) is 4.31 Å². The molecule has 2 atom stereocenters. The number of aliphatic carboxylic acids is 1. The maximum Gasteiger partial charge on any atom is 0.303 e. The summed E-state index contributed by atoms with van der Waals surface area (Å²) in [7, 11) is -3.64. The van der Waals surface area contributed by atoms with Gasteiger partial charge in [0.1, 0.15) is 0 Å². The Kier molecular flexibility index (Phi) is 7.90. The van der Waals surface area contributed by atoms with Gasteiger partial charge in [0.25, 0.3) is 0 Å². The molecule has 1 N–H and O–H groups in total. The third-order valence-corrected chi connectivity index (χ3v) is 8.86. The highest BCUT2D eigenvalue weighted by molar-refractivity contribution is 7.89. The molecule has 4 rings (SSSR count). The Hall–Kier alpha value is -3.04. The van der Waals surface area contributed by atoms with E-state index in [1.807, 2.05) is 50.4 Å². The molecule has 0 fully saturated rings. The molecule has 1 aliphatic rings. The highest BCUT2D eigenvalue weighted by Gasteiger charge is 2.32. The van der Waals surface area contributed by atoms with Gasteiger partial charge in [0.2, 0.25) is 10.0 Å². The van der Waals surface area contributed by atoms with Crippen LogP contribution in [0.25, 0.3) is 0 Å². The van der Waals surface area contributed by atoms with Crippen LogP contribution in [0.4, 0.5) is 0 Å². The van der Waals surface area contributed by atoms with E-state index in [0.29, 0.717) is 30.7 Å².